The summed E-state index contributed by atoms with van der Waals surface area (Å²) in [4.78, 5) is 26.2. The molecule has 6 nitrogen and oxygen atoms in total. The van der Waals surface area contributed by atoms with Crippen molar-refractivity contribution in [1.82, 2.24) is 10.2 Å². The molecular formula is C18H24N2O4. The second kappa shape index (κ2) is 6.09. The third-order valence-electron chi connectivity index (χ3n) is 4.51. The molecule has 3 rings (SSSR count). The summed E-state index contributed by atoms with van der Waals surface area (Å²) in [5, 5.41) is 13.4. The van der Waals surface area contributed by atoms with Gasteiger partial charge in [-0.25, -0.2) is 4.79 Å². The normalized spacial score (nSPS) is 26.4. The third-order valence-corrected chi connectivity index (χ3v) is 4.51. The number of nitrogens with one attached hydrogen (secondary N) is 1. The Morgan fingerprint density at radius 3 is 2.67 bits per heavy atom. The van der Waals surface area contributed by atoms with Gasteiger partial charge in [-0.05, 0) is 46.1 Å². The van der Waals surface area contributed by atoms with Crippen molar-refractivity contribution in [2.24, 2.45) is 0 Å². The molecule has 2 N–H and O–H groups in total. The van der Waals surface area contributed by atoms with Crippen LogP contribution in [0.2, 0.25) is 0 Å². The molecule has 0 bridgehead atoms. The van der Waals surface area contributed by atoms with Gasteiger partial charge in [0.05, 0.1) is 12.1 Å². The minimum Gasteiger partial charge on any atom is -0.444 e. The quantitative estimate of drug-likeness (QED) is 0.872. The van der Waals surface area contributed by atoms with E-state index >= 15 is 0 Å². The Kier molecular flexibility index (Phi) is 4.25. The molecule has 0 saturated heterocycles. The van der Waals surface area contributed by atoms with Crippen molar-refractivity contribution in [3.8, 4) is 0 Å². The first-order chi connectivity index (χ1) is 11.3. The van der Waals surface area contributed by atoms with E-state index in [-0.39, 0.29) is 18.0 Å². The maximum atomic E-state index is 12.7. The highest BCUT2D eigenvalue weighted by Gasteiger charge is 2.44. The van der Waals surface area contributed by atoms with Gasteiger partial charge < -0.3 is 20.1 Å². The minimum atomic E-state index is -0.959. The molecule has 24 heavy (non-hydrogen) atoms. The van der Waals surface area contributed by atoms with E-state index in [1.54, 1.807) is 18.2 Å². The van der Waals surface area contributed by atoms with E-state index in [1.807, 2.05) is 26.8 Å². The fraction of sp³-hybridized carbons (Fsp3) is 0.556. The molecule has 0 spiro atoms. The predicted octanol–water partition coefficient (Wildman–Crippen LogP) is 2.58. The lowest BCUT2D eigenvalue weighted by Crippen LogP contribution is -2.50. The zero-order chi connectivity index (χ0) is 17.5. The van der Waals surface area contributed by atoms with Crippen LogP contribution in [0.4, 0.5) is 4.79 Å². The number of aliphatic hydroxyl groups is 1. The first-order valence-electron chi connectivity index (χ1n) is 8.37. The van der Waals surface area contributed by atoms with Gasteiger partial charge in [0.15, 0.2) is 6.23 Å². The fourth-order valence-electron chi connectivity index (χ4n) is 3.55. The SMILES string of the molecule is CC(C)(C)OC(=O)NC1CCC[C@H]1N1C(=O)c2ccccc2C1O. The number of hydrogen-bond acceptors (Lipinski definition) is 4. The van der Waals surface area contributed by atoms with E-state index < -0.39 is 17.9 Å². The van der Waals surface area contributed by atoms with E-state index in [9.17, 15) is 14.7 Å². The van der Waals surface area contributed by atoms with Gasteiger partial charge >= 0.3 is 6.09 Å². The summed E-state index contributed by atoms with van der Waals surface area (Å²) < 4.78 is 5.31. The van der Waals surface area contributed by atoms with Gasteiger partial charge in [-0.15, -0.1) is 0 Å². The minimum absolute atomic E-state index is 0.180. The van der Waals surface area contributed by atoms with Crippen molar-refractivity contribution in [3.05, 3.63) is 35.4 Å². The number of alkyl carbamates (subject to hydrolysis) is 1. The van der Waals surface area contributed by atoms with Crippen LogP contribution in [0.25, 0.3) is 0 Å². The molecule has 1 aromatic carbocycles. The van der Waals surface area contributed by atoms with Gasteiger partial charge in [0.1, 0.15) is 5.60 Å². The average molecular weight is 332 g/mol. The van der Waals surface area contributed by atoms with Crippen molar-refractivity contribution < 1.29 is 19.4 Å². The monoisotopic (exact) mass is 332 g/mol. The van der Waals surface area contributed by atoms with E-state index in [0.717, 1.165) is 19.3 Å². The summed E-state index contributed by atoms with van der Waals surface area (Å²) in [5.74, 6) is -0.180. The summed E-state index contributed by atoms with van der Waals surface area (Å²) in [6, 6.07) is 6.65. The van der Waals surface area contributed by atoms with Gasteiger partial charge in [-0.3, -0.25) is 4.79 Å². The van der Waals surface area contributed by atoms with E-state index in [4.69, 9.17) is 4.74 Å². The highest BCUT2D eigenvalue weighted by Crippen LogP contribution is 2.37. The maximum Gasteiger partial charge on any atom is 0.407 e. The van der Waals surface area contributed by atoms with Crippen LogP contribution in [0, 0.1) is 0 Å². The molecule has 0 aromatic heterocycles. The van der Waals surface area contributed by atoms with Crippen LogP contribution >= 0.6 is 0 Å². The molecular weight excluding hydrogens is 308 g/mol. The van der Waals surface area contributed by atoms with Crippen LogP contribution in [0.5, 0.6) is 0 Å². The number of nitrogens with zero attached hydrogens (tertiary/aromatic N) is 1. The molecule has 1 aromatic rings. The Morgan fingerprint density at radius 2 is 2.00 bits per heavy atom. The van der Waals surface area contributed by atoms with Crippen molar-refractivity contribution in [1.29, 1.82) is 0 Å². The number of carbonyl (C=O) groups excluding carboxylic acids is 2. The van der Waals surface area contributed by atoms with E-state index in [0.29, 0.717) is 11.1 Å². The number of carbonyl (C=O) groups is 2. The molecule has 0 radical (unpaired) electrons. The first kappa shape index (κ1) is 16.8. The zero-order valence-electron chi connectivity index (χ0n) is 14.3. The molecule has 1 fully saturated rings. The number of hydrogen-bond donors (Lipinski definition) is 2. The summed E-state index contributed by atoms with van der Waals surface area (Å²) in [5.41, 5.74) is 0.593. The predicted molar refractivity (Wildman–Crippen MR) is 88.4 cm³/mol. The first-order valence-corrected chi connectivity index (χ1v) is 8.37. The lowest BCUT2D eigenvalue weighted by atomic mass is 10.1. The standard InChI is InChI=1S/C18H24N2O4/c1-18(2,3)24-17(23)19-13-9-6-10-14(13)20-15(21)11-7-4-5-8-12(11)16(20)22/h4-5,7-8,13-15,21H,6,9-10H2,1-3H3,(H,19,23)/t13?,14-,15?/m1/s1. The number of rotatable bonds is 2. The largest absolute Gasteiger partial charge is 0.444 e. The second-order valence-electron chi connectivity index (χ2n) is 7.42. The molecule has 3 atom stereocenters. The van der Waals surface area contributed by atoms with E-state index in [1.165, 1.54) is 4.90 Å². The molecule has 1 aliphatic carbocycles. The molecule has 130 valence electrons. The topological polar surface area (TPSA) is 78.9 Å². The third kappa shape index (κ3) is 3.11. The summed E-state index contributed by atoms with van der Waals surface area (Å²) >= 11 is 0. The van der Waals surface area contributed by atoms with Gasteiger partial charge in [-0.1, -0.05) is 18.2 Å². The van der Waals surface area contributed by atoms with Crippen molar-refractivity contribution >= 4 is 12.0 Å². The Morgan fingerprint density at radius 1 is 1.29 bits per heavy atom. The molecule has 2 amide bonds. The lowest BCUT2D eigenvalue weighted by Gasteiger charge is -2.33. The molecule has 2 aliphatic rings. The molecule has 1 heterocycles. The lowest BCUT2D eigenvalue weighted by molar-refractivity contribution is -0.00909. The zero-order valence-corrected chi connectivity index (χ0v) is 14.3. The Labute approximate surface area is 141 Å². The second-order valence-corrected chi connectivity index (χ2v) is 7.42. The van der Waals surface area contributed by atoms with Gasteiger partial charge in [-0.2, -0.15) is 0 Å². The van der Waals surface area contributed by atoms with Crippen molar-refractivity contribution in [2.45, 2.75) is 63.9 Å². The van der Waals surface area contributed by atoms with Crippen LogP contribution in [0.3, 0.4) is 0 Å². The van der Waals surface area contributed by atoms with Gasteiger partial charge in [0, 0.05) is 11.1 Å². The summed E-state index contributed by atoms with van der Waals surface area (Å²) in [6.45, 7) is 5.43. The van der Waals surface area contributed by atoms with Gasteiger partial charge in [0.25, 0.3) is 5.91 Å². The fourth-order valence-corrected chi connectivity index (χ4v) is 3.55. The Hall–Kier alpha value is -2.08. The Bertz CT molecular complexity index is 653. The van der Waals surface area contributed by atoms with Crippen molar-refractivity contribution in [3.63, 3.8) is 0 Å². The summed E-state index contributed by atoms with van der Waals surface area (Å²) in [6.07, 6.45) is 0.948. The highest BCUT2D eigenvalue weighted by molar-refractivity contribution is 5.99. The number of aliphatic hydroxyl groups excluding tert-OH is 1. The summed E-state index contributed by atoms with van der Waals surface area (Å²) in [7, 11) is 0. The number of amides is 2. The number of benzene rings is 1. The highest BCUT2D eigenvalue weighted by atomic mass is 16.6. The van der Waals surface area contributed by atoms with Crippen LogP contribution in [-0.4, -0.2) is 39.7 Å². The molecule has 1 aliphatic heterocycles. The van der Waals surface area contributed by atoms with Crippen LogP contribution < -0.4 is 5.32 Å². The van der Waals surface area contributed by atoms with Crippen LogP contribution in [0.1, 0.15) is 62.2 Å². The van der Waals surface area contributed by atoms with Gasteiger partial charge in [0.2, 0.25) is 0 Å². The Balaban J connectivity index is 1.75. The number of ether oxygens (including phenoxy) is 1. The van der Waals surface area contributed by atoms with Crippen LogP contribution in [0.15, 0.2) is 24.3 Å². The van der Waals surface area contributed by atoms with Crippen LogP contribution in [-0.2, 0) is 4.74 Å². The molecule has 6 heteroatoms. The van der Waals surface area contributed by atoms with E-state index in [2.05, 4.69) is 5.32 Å². The molecule has 2 unspecified atom stereocenters. The van der Waals surface area contributed by atoms with Crippen molar-refractivity contribution in [2.75, 3.05) is 0 Å². The molecule has 1 saturated carbocycles. The smallest absolute Gasteiger partial charge is 0.407 e. The number of fused-ring (bicyclic) bond motifs is 1. The maximum absolute atomic E-state index is 12.7. The average Bonchev–Trinajstić information content (AvgIpc) is 3.01.